The first-order chi connectivity index (χ1) is 6.83. The summed E-state index contributed by atoms with van der Waals surface area (Å²) < 4.78 is 0. The van der Waals surface area contributed by atoms with Crippen molar-refractivity contribution in [3.05, 3.63) is 23.8 Å². The van der Waals surface area contributed by atoms with Crippen LogP contribution in [-0.4, -0.2) is 11.1 Å². The summed E-state index contributed by atoms with van der Waals surface area (Å²) in [6, 6.07) is 5.39. The fraction of sp³-hybridized carbons (Fsp3) is 0.364. The number of carboxylic acids is 1. The Morgan fingerprint density at radius 2 is 2.13 bits per heavy atom. The summed E-state index contributed by atoms with van der Waals surface area (Å²) in [5.41, 5.74) is 6.39. The predicted octanol–water partition coefficient (Wildman–Crippen LogP) is 2.21. The summed E-state index contributed by atoms with van der Waals surface area (Å²) in [5.74, 6) is -0.806. The number of hydrogen-bond acceptors (Lipinski definition) is 3. The van der Waals surface area contributed by atoms with E-state index in [4.69, 9.17) is 10.8 Å². The van der Waals surface area contributed by atoms with Gasteiger partial charge in [0.05, 0.1) is 5.41 Å². The van der Waals surface area contributed by atoms with Gasteiger partial charge in [0.1, 0.15) is 0 Å². The quantitative estimate of drug-likeness (QED) is 0.546. The van der Waals surface area contributed by atoms with Gasteiger partial charge in [-0.05, 0) is 38.0 Å². The van der Waals surface area contributed by atoms with Crippen LogP contribution in [0.5, 0.6) is 0 Å². The van der Waals surface area contributed by atoms with Crippen molar-refractivity contribution >= 4 is 24.3 Å². The molecule has 1 rings (SSSR count). The maximum Gasteiger partial charge on any atom is 0.309 e. The van der Waals surface area contributed by atoms with Crippen LogP contribution in [-0.2, 0) is 11.2 Å². The molecule has 15 heavy (non-hydrogen) atoms. The number of rotatable bonds is 3. The third kappa shape index (κ3) is 2.89. The SMILES string of the molecule is CC(C)(Cc1ccc(N)c(S)c1)C(=O)O. The Labute approximate surface area is 94.7 Å². The zero-order valence-corrected chi connectivity index (χ0v) is 9.71. The highest BCUT2D eigenvalue weighted by atomic mass is 32.1. The Bertz CT molecular complexity index is 388. The number of carbonyl (C=O) groups is 1. The monoisotopic (exact) mass is 225 g/mol. The lowest BCUT2D eigenvalue weighted by Crippen LogP contribution is -2.26. The van der Waals surface area contributed by atoms with Gasteiger partial charge in [0.25, 0.3) is 0 Å². The Morgan fingerprint density at radius 1 is 1.53 bits per heavy atom. The molecule has 0 saturated heterocycles. The van der Waals surface area contributed by atoms with Crippen molar-refractivity contribution in [3.63, 3.8) is 0 Å². The second-order valence-corrected chi connectivity index (χ2v) is 4.74. The van der Waals surface area contributed by atoms with Crippen LogP contribution in [0.3, 0.4) is 0 Å². The number of carboxylic acid groups (broad SMARTS) is 1. The molecule has 0 radical (unpaired) electrons. The molecule has 0 bridgehead atoms. The molecule has 0 atom stereocenters. The lowest BCUT2D eigenvalue weighted by molar-refractivity contribution is -0.146. The average molecular weight is 225 g/mol. The van der Waals surface area contributed by atoms with Crippen molar-refractivity contribution in [2.75, 3.05) is 5.73 Å². The van der Waals surface area contributed by atoms with Crippen molar-refractivity contribution in [1.82, 2.24) is 0 Å². The Kier molecular flexibility index (Phi) is 3.29. The summed E-state index contributed by atoms with van der Waals surface area (Å²) in [7, 11) is 0. The van der Waals surface area contributed by atoms with E-state index < -0.39 is 11.4 Å². The third-order valence-corrected chi connectivity index (χ3v) is 2.71. The van der Waals surface area contributed by atoms with E-state index in [0.717, 1.165) is 5.56 Å². The lowest BCUT2D eigenvalue weighted by Gasteiger charge is -2.19. The van der Waals surface area contributed by atoms with E-state index in [1.54, 1.807) is 19.9 Å². The van der Waals surface area contributed by atoms with E-state index >= 15 is 0 Å². The summed E-state index contributed by atoms with van der Waals surface area (Å²) in [5, 5.41) is 8.98. The first-order valence-electron chi connectivity index (χ1n) is 4.64. The number of thiol groups is 1. The van der Waals surface area contributed by atoms with Gasteiger partial charge in [0.2, 0.25) is 0 Å². The number of anilines is 1. The van der Waals surface area contributed by atoms with Crippen molar-refractivity contribution < 1.29 is 9.90 Å². The highest BCUT2D eigenvalue weighted by molar-refractivity contribution is 7.80. The molecular weight excluding hydrogens is 210 g/mol. The summed E-state index contributed by atoms with van der Waals surface area (Å²) in [4.78, 5) is 11.6. The zero-order valence-electron chi connectivity index (χ0n) is 8.82. The first-order valence-corrected chi connectivity index (χ1v) is 5.08. The predicted molar refractivity (Wildman–Crippen MR) is 63.2 cm³/mol. The van der Waals surface area contributed by atoms with Crippen LogP contribution in [0.4, 0.5) is 5.69 Å². The van der Waals surface area contributed by atoms with Gasteiger partial charge in [-0.1, -0.05) is 6.07 Å². The van der Waals surface area contributed by atoms with Gasteiger partial charge < -0.3 is 10.8 Å². The molecule has 0 aliphatic heterocycles. The van der Waals surface area contributed by atoms with Gasteiger partial charge in [-0.2, -0.15) is 0 Å². The van der Waals surface area contributed by atoms with E-state index in [1.165, 1.54) is 0 Å². The Morgan fingerprint density at radius 3 is 2.60 bits per heavy atom. The molecular formula is C11H15NO2S. The second kappa shape index (κ2) is 4.14. The van der Waals surface area contributed by atoms with E-state index in [2.05, 4.69) is 12.6 Å². The van der Waals surface area contributed by atoms with Crippen LogP contribution in [0, 0.1) is 5.41 Å². The van der Waals surface area contributed by atoms with Crippen LogP contribution in [0.15, 0.2) is 23.1 Å². The molecule has 0 fully saturated rings. The molecule has 0 saturated carbocycles. The minimum absolute atomic E-state index is 0.468. The minimum atomic E-state index is -0.806. The molecule has 1 aromatic rings. The second-order valence-electron chi connectivity index (χ2n) is 4.26. The van der Waals surface area contributed by atoms with Gasteiger partial charge in [-0.25, -0.2) is 0 Å². The van der Waals surface area contributed by atoms with Crippen LogP contribution in [0.25, 0.3) is 0 Å². The first kappa shape index (κ1) is 11.9. The minimum Gasteiger partial charge on any atom is -0.481 e. The standard InChI is InChI=1S/C11H15NO2S/c1-11(2,10(13)14)6-7-3-4-8(12)9(15)5-7/h3-5,15H,6,12H2,1-2H3,(H,13,14). The highest BCUT2D eigenvalue weighted by Crippen LogP contribution is 2.25. The number of aliphatic carboxylic acids is 1. The summed E-state index contributed by atoms with van der Waals surface area (Å²) >= 11 is 4.20. The Hall–Kier alpha value is -1.16. The van der Waals surface area contributed by atoms with Gasteiger partial charge >= 0.3 is 5.97 Å². The van der Waals surface area contributed by atoms with E-state index in [9.17, 15) is 4.79 Å². The maximum absolute atomic E-state index is 10.9. The van der Waals surface area contributed by atoms with E-state index in [1.807, 2.05) is 12.1 Å². The lowest BCUT2D eigenvalue weighted by atomic mass is 9.86. The summed E-state index contributed by atoms with van der Waals surface area (Å²) in [6.07, 6.45) is 0.468. The number of benzene rings is 1. The maximum atomic E-state index is 10.9. The molecule has 0 aliphatic carbocycles. The highest BCUT2D eigenvalue weighted by Gasteiger charge is 2.27. The van der Waals surface area contributed by atoms with Gasteiger partial charge in [0.15, 0.2) is 0 Å². The van der Waals surface area contributed by atoms with Crippen LogP contribution < -0.4 is 5.73 Å². The molecule has 0 aliphatic rings. The fourth-order valence-corrected chi connectivity index (χ4v) is 1.53. The topological polar surface area (TPSA) is 63.3 Å². The molecule has 82 valence electrons. The fourth-order valence-electron chi connectivity index (χ4n) is 1.29. The van der Waals surface area contributed by atoms with Crippen molar-refractivity contribution in [2.24, 2.45) is 5.41 Å². The molecule has 0 spiro atoms. The van der Waals surface area contributed by atoms with Crippen molar-refractivity contribution in [3.8, 4) is 0 Å². The zero-order chi connectivity index (χ0) is 11.6. The van der Waals surface area contributed by atoms with Gasteiger partial charge in [-0.15, -0.1) is 12.6 Å². The van der Waals surface area contributed by atoms with Crippen molar-refractivity contribution in [2.45, 2.75) is 25.2 Å². The smallest absolute Gasteiger partial charge is 0.309 e. The molecule has 0 amide bonds. The van der Waals surface area contributed by atoms with Crippen molar-refractivity contribution in [1.29, 1.82) is 0 Å². The molecule has 4 heteroatoms. The molecule has 3 N–H and O–H groups in total. The molecule has 1 aromatic carbocycles. The number of hydrogen-bond donors (Lipinski definition) is 3. The normalized spacial score (nSPS) is 11.4. The van der Waals surface area contributed by atoms with E-state index in [0.29, 0.717) is 17.0 Å². The molecule has 0 unspecified atom stereocenters. The number of nitrogens with two attached hydrogens (primary N) is 1. The van der Waals surface area contributed by atoms with E-state index in [-0.39, 0.29) is 0 Å². The van der Waals surface area contributed by atoms with Gasteiger partial charge in [-0.3, -0.25) is 4.79 Å². The third-order valence-electron chi connectivity index (χ3n) is 2.32. The summed E-state index contributed by atoms with van der Waals surface area (Å²) in [6.45, 7) is 3.40. The average Bonchev–Trinajstić information content (AvgIpc) is 2.10. The van der Waals surface area contributed by atoms with Crippen LogP contribution in [0.1, 0.15) is 19.4 Å². The van der Waals surface area contributed by atoms with Gasteiger partial charge in [0, 0.05) is 10.6 Å². The largest absolute Gasteiger partial charge is 0.481 e. The Balaban J connectivity index is 2.91. The van der Waals surface area contributed by atoms with Crippen LogP contribution in [0.2, 0.25) is 0 Å². The molecule has 0 aromatic heterocycles. The molecule has 0 heterocycles. The number of nitrogen functional groups attached to an aromatic ring is 1. The molecule has 3 nitrogen and oxygen atoms in total. The van der Waals surface area contributed by atoms with Crippen LogP contribution >= 0.6 is 12.6 Å².